The number of hydrogen-bond acceptors (Lipinski definition) is 0. The van der Waals surface area contributed by atoms with Crippen molar-refractivity contribution in [2.24, 2.45) is 0 Å². The van der Waals surface area contributed by atoms with Gasteiger partial charge in [-0.25, -0.2) is 0 Å². The normalized spacial score (nSPS) is 10.6. The summed E-state index contributed by atoms with van der Waals surface area (Å²) < 4.78 is 0. The van der Waals surface area contributed by atoms with E-state index in [1.54, 1.807) is 0 Å². The van der Waals surface area contributed by atoms with Crippen LogP contribution in [0.5, 0.6) is 0 Å². The maximum Gasteiger partial charge on any atom is -0.00256 e. The molecule has 0 atom stereocenters. The fourth-order valence-corrected chi connectivity index (χ4v) is 2.74. The molecule has 3 rings (SSSR count). The van der Waals surface area contributed by atoms with E-state index < -0.39 is 0 Å². The Balaban J connectivity index is 1.95. The highest BCUT2D eigenvalue weighted by molar-refractivity contribution is 5.69. The molecule has 21 heavy (non-hydrogen) atoms. The number of rotatable bonds is 3. The Morgan fingerprint density at radius 1 is 0.667 bits per heavy atom. The van der Waals surface area contributed by atoms with Crippen molar-refractivity contribution in [3.05, 3.63) is 95.1 Å². The quantitative estimate of drug-likeness (QED) is 0.585. The second-order valence-electron chi connectivity index (χ2n) is 5.61. The fraction of sp³-hybridized carbons (Fsp3) is 0.143. The molecule has 0 spiro atoms. The summed E-state index contributed by atoms with van der Waals surface area (Å²) in [5.74, 6) is 0. The summed E-state index contributed by atoms with van der Waals surface area (Å²) in [5, 5.41) is 0. The third-order valence-electron chi connectivity index (χ3n) is 4.09. The molecule has 0 fully saturated rings. The first-order valence-electron chi connectivity index (χ1n) is 7.43. The second kappa shape index (κ2) is 5.97. The van der Waals surface area contributed by atoms with Crippen LogP contribution in [0.4, 0.5) is 0 Å². The lowest BCUT2D eigenvalue weighted by Crippen LogP contribution is -1.91. The molecule has 0 heterocycles. The van der Waals surface area contributed by atoms with E-state index >= 15 is 0 Å². The van der Waals surface area contributed by atoms with Crippen LogP contribution < -0.4 is 0 Å². The molecule has 0 aliphatic heterocycles. The molecule has 3 aromatic carbocycles. The van der Waals surface area contributed by atoms with Crippen LogP contribution >= 0.6 is 0 Å². The van der Waals surface area contributed by atoms with Crippen molar-refractivity contribution >= 4 is 0 Å². The van der Waals surface area contributed by atoms with Crippen LogP contribution in [-0.4, -0.2) is 0 Å². The minimum absolute atomic E-state index is 0.986. The summed E-state index contributed by atoms with van der Waals surface area (Å²) in [6.07, 6.45) is 0.986. The Labute approximate surface area is 127 Å². The maximum absolute atomic E-state index is 2.31. The summed E-state index contributed by atoms with van der Waals surface area (Å²) in [4.78, 5) is 0. The fourth-order valence-electron chi connectivity index (χ4n) is 2.74. The third-order valence-corrected chi connectivity index (χ3v) is 4.09. The number of benzene rings is 3. The summed E-state index contributed by atoms with van der Waals surface area (Å²) in [5.41, 5.74) is 8.08. The molecular formula is C21H20. The monoisotopic (exact) mass is 272 g/mol. The summed E-state index contributed by atoms with van der Waals surface area (Å²) in [6.45, 7) is 4.38. The van der Waals surface area contributed by atoms with Crippen molar-refractivity contribution in [3.63, 3.8) is 0 Å². The Bertz CT molecular complexity index is 739. The highest BCUT2D eigenvalue weighted by Crippen LogP contribution is 2.26. The van der Waals surface area contributed by atoms with E-state index in [2.05, 4.69) is 86.6 Å². The van der Waals surface area contributed by atoms with Crippen molar-refractivity contribution in [1.29, 1.82) is 0 Å². The van der Waals surface area contributed by atoms with Crippen LogP contribution in [-0.2, 0) is 6.42 Å². The first kappa shape index (κ1) is 13.6. The van der Waals surface area contributed by atoms with Gasteiger partial charge in [-0.2, -0.15) is 0 Å². The van der Waals surface area contributed by atoms with E-state index in [1.165, 1.54) is 33.4 Å². The van der Waals surface area contributed by atoms with Crippen LogP contribution in [0.15, 0.2) is 72.8 Å². The molecule has 0 saturated heterocycles. The summed E-state index contributed by atoms with van der Waals surface area (Å²) in [6, 6.07) is 26.1. The van der Waals surface area contributed by atoms with E-state index in [0.29, 0.717) is 0 Å². The van der Waals surface area contributed by atoms with Gasteiger partial charge in [0.15, 0.2) is 0 Å². The lowest BCUT2D eigenvalue weighted by atomic mass is 9.94. The van der Waals surface area contributed by atoms with Crippen LogP contribution in [0, 0.1) is 13.8 Å². The SMILES string of the molecule is Cc1cccc(-c2cccc(Cc3ccccc3)c2)c1C. The predicted octanol–water partition coefficient (Wildman–Crippen LogP) is 5.56. The van der Waals surface area contributed by atoms with Crippen molar-refractivity contribution in [1.82, 2.24) is 0 Å². The topological polar surface area (TPSA) is 0 Å². The van der Waals surface area contributed by atoms with E-state index in [4.69, 9.17) is 0 Å². The largest absolute Gasteiger partial charge is 0.0622 e. The minimum Gasteiger partial charge on any atom is -0.0622 e. The van der Waals surface area contributed by atoms with E-state index in [1.807, 2.05) is 0 Å². The van der Waals surface area contributed by atoms with Gasteiger partial charge in [0, 0.05) is 0 Å². The molecule has 0 amide bonds. The molecule has 3 aromatic rings. The zero-order valence-electron chi connectivity index (χ0n) is 12.6. The molecule has 104 valence electrons. The lowest BCUT2D eigenvalue weighted by Gasteiger charge is -2.10. The van der Waals surface area contributed by atoms with Crippen molar-refractivity contribution in [3.8, 4) is 11.1 Å². The van der Waals surface area contributed by atoms with Crippen LogP contribution in [0.1, 0.15) is 22.3 Å². The summed E-state index contributed by atoms with van der Waals surface area (Å²) >= 11 is 0. The van der Waals surface area contributed by atoms with Gasteiger partial charge in [0.05, 0.1) is 0 Å². The Kier molecular flexibility index (Phi) is 3.87. The van der Waals surface area contributed by atoms with Gasteiger partial charge < -0.3 is 0 Å². The predicted molar refractivity (Wildman–Crippen MR) is 90.6 cm³/mol. The van der Waals surface area contributed by atoms with Crippen LogP contribution in [0.3, 0.4) is 0 Å². The third kappa shape index (κ3) is 3.05. The van der Waals surface area contributed by atoms with Gasteiger partial charge >= 0.3 is 0 Å². The first-order valence-corrected chi connectivity index (χ1v) is 7.43. The van der Waals surface area contributed by atoms with Gasteiger partial charge in [0.25, 0.3) is 0 Å². The van der Waals surface area contributed by atoms with E-state index in [-0.39, 0.29) is 0 Å². The maximum atomic E-state index is 2.31. The zero-order chi connectivity index (χ0) is 14.7. The first-order chi connectivity index (χ1) is 10.2. The van der Waals surface area contributed by atoms with Crippen LogP contribution in [0.2, 0.25) is 0 Å². The van der Waals surface area contributed by atoms with Gasteiger partial charge in [0.2, 0.25) is 0 Å². The zero-order valence-corrected chi connectivity index (χ0v) is 12.6. The minimum atomic E-state index is 0.986. The molecule has 0 N–H and O–H groups in total. The number of hydrogen-bond donors (Lipinski definition) is 0. The molecule has 0 aliphatic carbocycles. The summed E-state index contributed by atoms with van der Waals surface area (Å²) in [7, 11) is 0. The molecule has 0 nitrogen and oxygen atoms in total. The van der Waals surface area contributed by atoms with Crippen molar-refractivity contribution in [2.75, 3.05) is 0 Å². The van der Waals surface area contributed by atoms with Crippen LogP contribution in [0.25, 0.3) is 11.1 Å². The Morgan fingerprint density at radius 3 is 2.19 bits per heavy atom. The van der Waals surface area contributed by atoms with Gasteiger partial charge in [-0.1, -0.05) is 72.8 Å². The average Bonchev–Trinajstić information content (AvgIpc) is 2.51. The van der Waals surface area contributed by atoms with Gasteiger partial charge in [0.1, 0.15) is 0 Å². The highest BCUT2D eigenvalue weighted by Gasteiger charge is 2.05. The molecule has 0 unspecified atom stereocenters. The lowest BCUT2D eigenvalue weighted by molar-refractivity contribution is 1.19. The Hall–Kier alpha value is -2.34. The molecule has 0 aromatic heterocycles. The Morgan fingerprint density at radius 2 is 1.38 bits per heavy atom. The number of aryl methyl sites for hydroxylation is 1. The second-order valence-corrected chi connectivity index (χ2v) is 5.61. The molecule has 0 radical (unpaired) electrons. The highest BCUT2D eigenvalue weighted by atomic mass is 14.1. The van der Waals surface area contributed by atoms with E-state index in [9.17, 15) is 0 Å². The molecular weight excluding hydrogens is 252 g/mol. The van der Waals surface area contributed by atoms with Gasteiger partial charge in [-0.15, -0.1) is 0 Å². The van der Waals surface area contributed by atoms with Crippen molar-refractivity contribution < 1.29 is 0 Å². The smallest absolute Gasteiger partial charge is 0.00256 e. The van der Waals surface area contributed by atoms with E-state index in [0.717, 1.165) is 6.42 Å². The average molecular weight is 272 g/mol. The molecule has 0 saturated carbocycles. The van der Waals surface area contributed by atoms with Gasteiger partial charge in [-0.3, -0.25) is 0 Å². The molecule has 0 aliphatic rings. The van der Waals surface area contributed by atoms with Gasteiger partial charge in [-0.05, 0) is 53.6 Å². The molecule has 0 heteroatoms. The molecule has 0 bridgehead atoms. The standard InChI is InChI=1S/C21H20/c1-16-8-6-13-21(17(16)2)20-12-7-11-19(15-20)14-18-9-4-3-5-10-18/h3-13,15H,14H2,1-2H3. The van der Waals surface area contributed by atoms with Crippen molar-refractivity contribution in [2.45, 2.75) is 20.3 Å².